The summed E-state index contributed by atoms with van der Waals surface area (Å²) in [6, 6.07) is 7.17. The van der Waals surface area contributed by atoms with E-state index in [0.29, 0.717) is 0 Å². The molecule has 2 unspecified atom stereocenters. The van der Waals surface area contributed by atoms with Gasteiger partial charge < -0.3 is 10.5 Å². The van der Waals surface area contributed by atoms with Gasteiger partial charge in [0.15, 0.2) is 0 Å². The van der Waals surface area contributed by atoms with Crippen molar-refractivity contribution < 1.29 is 9.13 Å². The summed E-state index contributed by atoms with van der Waals surface area (Å²) in [6.45, 7) is 5.42. The van der Waals surface area contributed by atoms with Crippen molar-refractivity contribution in [3.05, 3.63) is 35.4 Å². The summed E-state index contributed by atoms with van der Waals surface area (Å²) in [7, 11) is 1.54. The highest BCUT2D eigenvalue weighted by Gasteiger charge is 2.18. The Morgan fingerprint density at radius 3 is 2.12 bits per heavy atom. The van der Waals surface area contributed by atoms with Crippen molar-refractivity contribution in [2.45, 2.75) is 32.9 Å². The zero-order valence-corrected chi connectivity index (χ0v) is 10.5. The third kappa shape index (κ3) is 4.29. The Morgan fingerprint density at radius 2 is 1.75 bits per heavy atom. The van der Waals surface area contributed by atoms with Gasteiger partial charge in [0, 0.05) is 7.11 Å². The zero-order chi connectivity index (χ0) is 12.6. The molecule has 2 atom stereocenters. The van der Waals surface area contributed by atoms with E-state index in [9.17, 15) is 4.39 Å². The number of hydrogen-bond acceptors (Lipinski definition) is 2. The number of benzene rings is 1. The summed E-state index contributed by atoms with van der Waals surface area (Å²) in [5.74, 6) is 0. The molecule has 1 rings (SSSR count). The number of hydrogen-bond donors (Lipinski definition) is 1. The Kier molecular flexibility index (Phi) is 7.77. The van der Waals surface area contributed by atoms with E-state index in [2.05, 4.69) is 0 Å². The van der Waals surface area contributed by atoms with E-state index in [4.69, 9.17) is 10.5 Å². The van der Waals surface area contributed by atoms with Crippen LogP contribution in [0.4, 0.5) is 4.39 Å². The molecule has 1 aromatic rings. The van der Waals surface area contributed by atoms with E-state index in [1.165, 1.54) is 0 Å². The minimum Gasteiger partial charge on any atom is -0.375 e. The molecule has 0 heterocycles. The van der Waals surface area contributed by atoms with E-state index in [-0.39, 0.29) is 6.10 Å². The minimum absolute atomic E-state index is 0.361. The average molecular weight is 227 g/mol. The van der Waals surface area contributed by atoms with Gasteiger partial charge in [0.25, 0.3) is 0 Å². The van der Waals surface area contributed by atoms with Crippen molar-refractivity contribution in [3.8, 4) is 0 Å². The Balaban J connectivity index is 0.00000106. The van der Waals surface area contributed by atoms with Gasteiger partial charge in [0.1, 0.15) is 6.67 Å². The molecule has 0 aliphatic rings. The maximum atomic E-state index is 12.4. The van der Waals surface area contributed by atoms with Gasteiger partial charge in [-0.15, -0.1) is 0 Å². The Labute approximate surface area is 97.6 Å². The third-order valence-electron chi connectivity index (χ3n) is 2.23. The molecule has 0 aromatic heterocycles. The summed E-state index contributed by atoms with van der Waals surface area (Å²) < 4.78 is 17.5. The van der Waals surface area contributed by atoms with E-state index in [1.54, 1.807) is 7.11 Å². The van der Waals surface area contributed by atoms with Crippen LogP contribution in [0.15, 0.2) is 24.3 Å². The number of rotatable bonds is 4. The second-order valence-corrected chi connectivity index (χ2v) is 3.39. The lowest BCUT2D eigenvalue weighted by molar-refractivity contribution is 0.0721. The highest BCUT2D eigenvalue weighted by atomic mass is 19.1. The van der Waals surface area contributed by atoms with Gasteiger partial charge >= 0.3 is 0 Å². The summed E-state index contributed by atoms with van der Waals surface area (Å²) in [4.78, 5) is 0. The van der Waals surface area contributed by atoms with E-state index >= 15 is 0 Å². The van der Waals surface area contributed by atoms with Crippen molar-refractivity contribution in [3.63, 3.8) is 0 Å². The number of ether oxygens (including phenoxy) is 1. The normalized spacial score (nSPS) is 13.6. The largest absolute Gasteiger partial charge is 0.375 e. The van der Waals surface area contributed by atoms with Crippen molar-refractivity contribution in [1.29, 1.82) is 0 Å². The molecule has 0 bridgehead atoms. The standard InChI is InChI=1S/C11H16FNO.C2H6/c1-8-3-5-9(6-4-8)11(14-2)10(13)7-12;1-2/h3-6,10-11H,7,13H2,1-2H3;1-2H3. The van der Waals surface area contributed by atoms with Gasteiger partial charge in [-0.2, -0.15) is 0 Å². The number of halogens is 1. The van der Waals surface area contributed by atoms with Crippen LogP contribution < -0.4 is 5.73 Å². The minimum atomic E-state index is -0.595. The van der Waals surface area contributed by atoms with Gasteiger partial charge in [-0.3, -0.25) is 0 Å². The van der Waals surface area contributed by atoms with Gasteiger partial charge in [0.05, 0.1) is 12.1 Å². The first-order valence-corrected chi connectivity index (χ1v) is 5.60. The first-order chi connectivity index (χ1) is 7.69. The molecule has 0 fully saturated rings. The van der Waals surface area contributed by atoms with Crippen molar-refractivity contribution in [1.82, 2.24) is 0 Å². The maximum absolute atomic E-state index is 12.4. The number of methoxy groups -OCH3 is 1. The molecule has 1 aromatic carbocycles. The Bertz CT molecular complexity index is 274. The average Bonchev–Trinajstić information content (AvgIpc) is 2.34. The SMILES string of the molecule is CC.COC(c1ccc(C)cc1)C(N)CF. The quantitative estimate of drug-likeness (QED) is 0.858. The lowest BCUT2D eigenvalue weighted by atomic mass is 10.0. The van der Waals surface area contributed by atoms with E-state index in [0.717, 1.165) is 11.1 Å². The van der Waals surface area contributed by atoms with Crippen LogP contribution in [0.2, 0.25) is 0 Å². The van der Waals surface area contributed by atoms with Gasteiger partial charge in [-0.25, -0.2) is 4.39 Å². The molecule has 0 radical (unpaired) electrons. The molecule has 0 spiro atoms. The zero-order valence-electron chi connectivity index (χ0n) is 10.5. The molecule has 16 heavy (non-hydrogen) atoms. The molecular weight excluding hydrogens is 205 g/mol. The van der Waals surface area contributed by atoms with Crippen LogP contribution in [0.1, 0.15) is 31.1 Å². The van der Waals surface area contributed by atoms with Crippen LogP contribution in [0, 0.1) is 6.92 Å². The van der Waals surface area contributed by atoms with Crippen LogP contribution in [0.3, 0.4) is 0 Å². The highest BCUT2D eigenvalue weighted by Crippen LogP contribution is 2.20. The first kappa shape index (κ1) is 15.1. The van der Waals surface area contributed by atoms with Crippen LogP contribution in [-0.2, 0) is 4.74 Å². The summed E-state index contributed by atoms with van der Waals surface area (Å²) >= 11 is 0. The molecule has 0 saturated carbocycles. The first-order valence-electron chi connectivity index (χ1n) is 5.60. The van der Waals surface area contributed by atoms with Crippen LogP contribution in [0.25, 0.3) is 0 Å². The number of nitrogens with two attached hydrogens (primary N) is 1. The lowest BCUT2D eigenvalue weighted by Gasteiger charge is -2.20. The number of alkyl halides is 1. The predicted octanol–water partition coefficient (Wildman–Crippen LogP) is 3.01. The van der Waals surface area contributed by atoms with Gasteiger partial charge in [-0.05, 0) is 12.5 Å². The molecule has 2 N–H and O–H groups in total. The molecule has 92 valence electrons. The van der Waals surface area contributed by atoms with Crippen molar-refractivity contribution in [2.75, 3.05) is 13.8 Å². The van der Waals surface area contributed by atoms with E-state index in [1.807, 2.05) is 45.0 Å². The Morgan fingerprint density at radius 1 is 1.25 bits per heavy atom. The third-order valence-corrected chi connectivity index (χ3v) is 2.23. The molecule has 0 aliphatic heterocycles. The highest BCUT2D eigenvalue weighted by molar-refractivity contribution is 5.24. The number of aryl methyl sites for hydroxylation is 1. The van der Waals surface area contributed by atoms with Crippen LogP contribution in [0.5, 0.6) is 0 Å². The molecular formula is C13H22FNO. The maximum Gasteiger partial charge on any atom is 0.107 e. The van der Waals surface area contributed by atoms with Crippen LogP contribution >= 0.6 is 0 Å². The smallest absolute Gasteiger partial charge is 0.107 e. The molecule has 2 nitrogen and oxygen atoms in total. The summed E-state index contributed by atoms with van der Waals surface area (Å²) in [5.41, 5.74) is 7.68. The lowest BCUT2D eigenvalue weighted by Crippen LogP contribution is -2.31. The second-order valence-electron chi connectivity index (χ2n) is 3.39. The van der Waals surface area contributed by atoms with Gasteiger partial charge in [0.2, 0.25) is 0 Å². The second kappa shape index (κ2) is 8.25. The monoisotopic (exact) mass is 227 g/mol. The summed E-state index contributed by atoms with van der Waals surface area (Å²) in [5, 5.41) is 0. The fourth-order valence-corrected chi connectivity index (χ4v) is 1.40. The Hall–Kier alpha value is -0.930. The van der Waals surface area contributed by atoms with Crippen molar-refractivity contribution >= 4 is 0 Å². The fourth-order valence-electron chi connectivity index (χ4n) is 1.40. The molecule has 0 saturated heterocycles. The van der Waals surface area contributed by atoms with Crippen molar-refractivity contribution in [2.24, 2.45) is 5.73 Å². The molecule has 0 amide bonds. The van der Waals surface area contributed by atoms with E-state index < -0.39 is 12.7 Å². The predicted molar refractivity (Wildman–Crippen MR) is 66.2 cm³/mol. The topological polar surface area (TPSA) is 35.2 Å². The van der Waals surface area contributed by atoms with Crippen LogP contribution in [-0.4, -0.2) is 19.8 Å². The van der Waals surface area contributed by atoms with Gasteiger partial charge in [-0.1, -0.05) is 43.7 Å². The molecule has 0 aliphatic carbocycles. The fraction of sp³-hybridized carbons (Fsp3) is 0.538. The molecule has 3 heteroatoms. The summed E-state index contributed by atoms with van der Waals surface area (Å²) in [6.07, 6.45) is -0.361.